The van der Waals surface area contributed by atoms with Crippen LogP contribution in [-0.4, -0.2) is 25.8 Å². The second kappa shape index (κ2) is 4.50. The molecule has 0 spiro atoms. The first kappa shape index (κ1) is 13.3. The molecule has 0 bridgehead atoms. The van der Waals surface area contributed by atoms with E-state index in [0.29, 0.717) is 11.4 Å². The van der Waals surface area contributed by atoms with Gasteiger partial charge in [0, 0.05) is 11.4 Å². The summed E-state index contributed by atoms with van der Waals surface area (Å²) in [5.41, 5.74) is 4.99. The van der Waals surface area contributed by atoms with Crippen LogP contribution < -0.4 is 0 Å². The predicted octanol–water partition coefficient (Wildman–Crippen LogP) is 2.51. The Morgan fingerprint density at radius 3 is 2.26 bits per heavy atom. The van der Waals surface area contributed by atoms with Crippen LogP contribution in [0.3, 0.4) is 0 Å². The molecule has 2 rings (SSSR count). The average Bonchev–Trinajstić information content (AvgIpc) is 2.55. The number of rotatable bonds is 2. The summed E-state index contributed by atoms with van der Waals surface area (Å²) >= 11 is 0. The first-order valence-electron chi connectivity index (χ1n) is 6.07. The van der Waals surface area contributed by atoms with Gasteiger partial charge in [-0.3, -0.25) is 4.98 Å². The molecule has 19 heavy (non-hydrogen) atoms. The number of hydrogen-bond donors (Lipinski definition) is 1. The molecule has 0 unspecified atom stereocenters. The number of aryl methyl sites for hydroxylation is 3. The summed E-state index contributed by atoms with van der Waals surface area (Å²) in [6.07, 6.45) is 0. The van der Waals surface area contributed by atoms with E-state index in [9.17, 15) is 9.90 Å². The Bertz CT molecular complexity index is 672. The number of nitrogens with zero attached hydrogens (tertiary/aromatic N) is 3. The third kappa shape index (κ3) is 2.12. The van der Waals surface area contributed by atoms with E-state index >= 15 is 0 Å². The number of carboxylic acid groups (broad SMARTS) is 1. The van der Waals surface area contributed by atoms with Crippen LogP contribution in [0.5, 0.6) is 0 Å². The van der Waals surface area contributed by atoms with E-state index in [1.54, 1.807) is 17.7 Å². The molecule has 0 amide bonds. The SMILES string of the molecule is Cc1cc(-n2nc(C)c(C)c2C)c(C(=O)O)c(C)n1. The first-order valence-corrected chi connectivity index (χ1v) is 6.07. The fourth-order valence-electron chi connectivity index (χ4n) is 2.19. The van der Waals surface area contributed by atoms with E-state index in [4.69, 9.17) is 0 Å². The predicted molar refractivity (Wildman–Crippen MR) is 72.0 cm³/mol. The second-order valence-corrected chi connectivity index (χ2v) is 4.76. The van der Waals surface area contributed by atoms with E-state index in [-0.39, 0.29) is 5.56 Å². The Morgan fingerprint density at radius 2 is 1.79 bits per heavy atom. The normalized spacial score (nSPS) is 10.8. The number of hydrogen-bond acceptors (Lipinski definition) is 3. The van der Waals surface area contributed by atoms with Gasteiger partial charge in [0.05, 0.1) is 17.1 Å². The van der Waals surface area contributed by atoms with Crippen molar-refractivity contribution in [3.63, 3.8) is 0 Å². The summed E-state index contributed by atoms with van der Waals surface area (Å²) in [6, 6.07) is 1.76. The van der Waals surface area contributed by atoms with Crippen molar-refractivity contribution < 1.29 is 9.90 Å². The third-order valence-corrected chi connectivity index (χ3v) is 3.40. The highest BCUT2D eigenvalue weighted by Gasteiger charge is 2.19. The van der Waals surface area contributed by atoms with Gasteiger partial charge in [-0.15, -0.1) is 0 Å². The van der Waals surface area contributed by atoms with Crippen molar-refractivity contribution in [2.24, 2.45) is 0 Å². The summed E-state index contributed by atoms with van der Waals surface area (Å²) < 4.78 is 1.69. The fraction of sp³-hybridized carbons (Fsp3) is 0.357. The standard InChI is InChI=1S/C14H17N3O2/c1-7-6-12(13(14(18)19)10(4)15-7)17-11(5)8(2)9(3)16-17/h6H,1-5H3,(H,18,19). The largest absolute Gasteiger partial charge is 0.478 e. The lowest BCUT2D eigenvalue weighted by atomic mass is 10.1. The van der Waals surface area contributed by atoms with Gasteiger partial charge in [0.15, 0.2) is 0 Å². The number of aromatic nitrogens is 3. The maximum absolute atomic E-state index is 11.4. The average molecular weight is 259 g/mol. The summed E-state index contributed by atoms with van der Waals surface area (Å²) in [5, 5.41) is 13.8. The van der Waals surface area contributed by atoms with Crippen molar-refractivity contribution in [2.45, 2.75) is 34.6 Å². The van der Waals surface area contributed by atoms with Crippen LogP contribution in [0, 0.1) is 34.6 Å². The Kier molecular flexibility index (Phi) is 3.14. The lowest BCUT2D eigenvalue weighted by molar-refractivity contribution is 0.0695. The molecule has 0 saturated heterocycles. The molecule has 0 aliphatic rings. The van der Waals surface area contributed by atoms with Gasteiger partial charge < -0.3 is 5.11 Å². The van der Waals surface area contributed by atoms with E-state index in [0.717, 1.165) is 22.6 Å². The molecule has 0 aromatic carbocycles. The zero-order valence-electron chi connectivity index (χ0n) is 11.8. The van der Waals surface area contributed by atoms with Crippen molar-refractivity contribution in [3.8, 4) is 5.69 Å². The minimum Gasteiger partial charge on any atom is -0.478 e. The highest BCUT2D eigenvalue weighted by Crippen LogP contribution is 2.22. The van der Waals surface area contributed by atoms with Gasteiger partial charge in [-0.1, -0.05) is 0 Å². The van der Waals surface area contributed by atoms with Crippen molar-refractivity contribution in [1.82, 2.24) is 14.8 Å². The third-order valence-electron chi connectivity index (χ3n) is 3.40. The molecule has 100 valence electrons. The zero-order chi connectivity index (χ0) is 14.3. The quantitative estimate of drug-likeness (QED) is 0.899. The molecule has 0 atom stereocenters. The van der Waals surface area contributed by atoms with E-state index in [1.165, 1.54) is 0 Å². The molecule has 0 saturated carbocycles. The van der Waals surface area contributed by atoms with Gasteiger partial charge >= 0.3 is 5.97 Å². The molecule has 5 heteroatoms. The minimum atomic E-state index is -0.981. The Labute approximate surface area is 111 Å². The number of carboxylic acids is 1. The van der Waals surface area contributed by atoms with Crippen molar-refractivity contribution in [3.05, 3.63) is 40.0 Å². The molecule has 5 nitrogen and oxygen atoms in total. The van der Waals surface area contributed by atoms with Gasteiger partial charge in [-0.2, -0.15) is 5.10 Å². The Morgan fingerprint density at radius 1 is 1.16 bits per heavy atom. The fourth-order valence-corrected chi connectivity index (χ4v) is 2.19. The molecule has 0 aliphatic carbocycles. The molecule has 2 aromatic rings. The maximum Gasteiger partial charge on any atom is 0.339 e. The maximum atomic E-state index is 11.4. The molecular weight excluding hydrogens is 242 g/mol. The van der Waals surface area contributed by atoms with Crippen LogP contribution in [0.1, 0.15) is 38.7 Å². The van der Waals surface area contributed by atoms with Gasteiger partial charge in [0.1, 0.15) is 5.56 Å². The van der Waals surface area contributed by atoms with Crippen LogP contribution in [0.15, 0.2) is 6.07 Å². The van der Waals surface area contributed by atoms with Crippen LogP contribution >= 0.6 is 0 Å². The van der Waals surface area contributed by atoms with Gasteiger partial charge in [0.2, 0.25) is 0 Å². The molecule has 2 heterocycles. The van der Waals surface area contributed by atoms with Crippen molar-refractivity contribution in [2.75, 3.05) is 0 Å². The molecule has 0 fully saturated rings. The van der Waals surface area contributed by atoms with Crippen LogP contribution in [-0.2, 0) is 0 Å². The van der Waals surface area contributed by atoms with E-state index in [1.807, 2.05) is 27.7 Å². The monoisotopic (exact) mass is 259 g/mol. The summed E-state index contributed by atoms with van der Waals surface area (Å²) in [6.45, 7) is 9.39. The summed E-state index contributed by atoms with van der Waals surface area (Å²) in [4.78, 5) is 15.7. The number of pyridine rings is 1. The van der Waals surface area contributed by atoms with Gasteiger partial charge in [-0.25, -0.2) is 9.48 Å². The van der Waals surface area contributed by atoms with Gasteiger partial charge in [0.25, 0.3) is 0 Å². The first-order chi connectivity index (χ1) is 8.82. The van der Waals surface area contributed by atoms with Gasteiger partial charge in [-0.05, 0) is 46.2 Å². The number of aromatic carboxylic acids is 1. The van der Waals surface area contributed by atoms with Crippen molar-refractivity contribution >= 4 is 5.97 Å². The summed E-state index contributed by atoms with van der Waals surface area (Å²) in [7, 11) is 0. The van der Waals surface area contributed by atoms with Crippen LogP contribution in [0.25, 0.3) is 5.69 Å². The second-order valence-electron chi connectivity index (χ2n) is 4.76. The minimum absolute atomic E-state index is 0.205. The lowest BCUT2D eigenvalue weighted by Gasteiger charge is -2.11. The van der Waals surface area contributed by atoms with E-state index < -0.39 is 5.97 Å². The molecular formula is C14H17N3O2. The smallest absolute Gasteiger partial charge is 0.339 e. The highest BCUT2D eigenvalue weighted by molar-refractivity contribution is 5.93. The lowest BCUT2D eigenvalue weighted by Crippen LogP contribution is -2.12. The Hall–Kier alpha value is -2.17. The van der Waals surface area contributed by atoms with Crippen molar-refractivity contribution in [1.29, 1.82) is 0 Å². The summed E-state index contributed by atoms with van der Waals surface area (Å²) in [5.74, 6) is -0.981. The highest BCUT2D eigenvalue weighted by atomic mass is 16.4. The van der Waals surface area contributed by atoms with Crippen LogP contribution in [0.4, 0.5) is 0 Å². The Balaban J connectivity index is 2.81. The molecule has 0 aliphatic heterocycles. The van der Waals surface area contributed by atoms with E-state index in [2.05, 4.69) is 10.1 Å². The zero-order valence-corrected chi connectivity index (χ0v) is 11.8. The van der Waals surface area contributed by atoms with Crippen LogP contribution in [0.2, 0.25) is 0 Å². The molecule has 0 radical (unpaired) electrons. The molecule has 2 aromatic heterocycles. The molecule has 1 N–H and O–H groups in total. The topological polar surface area (TPSA) is 68.0 Å². The number of carbonyl (C=O) groups is 1.